The number of piperazine rings is 1. The van der Waals surface area contributed by atoms with Gasteiger partial charge in [-0.1, -0.05) is 18.2 Å². The molecule has 1 N–H and O–H groups in total. The minimum absolute atomic E-state index is 0.0133. The minimum Gasteiger partial charge on any atom is -0.497 e. The van der Waals surface area contributed by atoms with Crippen LogP contribution in [0.1, 0.15) is 28.6 Å². The molecule has 35 heavy (non-hydrogen) atoms. The van der Waals surface area contributed by atoms with Crippen molar-refractivity contribution < 1.29 is 23.5 Å². The standard InChI is InChI=1S/C27H25N3O5/c1-33-16-9-10-19(23(12-16)34-2)26-25-20(18-7-3-4-8-21(18)28-25)13-22-27(32)29(15-24(31)30(22)26)14-17-6-5-11-35-17/h3-12,22,26,28H,13-15H2,1-2H3/t22-,26?/m1/s1. The lowest BCUT2D eigenvalue weighted by atomic mass is 9.85. The normalized spacial score (nSPS) is 19.6. The van der Waals surface area contributed by atoms with Gasteiger partial charge in [-0.25, -0.2) is 0 Å². The number of methoxy groups -OCH3 is 2. The molecule has 0 spiro atoms. The summed E-state index contributed by atoms with van der Waals surface area (Å²) >= 11 is 0. The molecular formula is C27H25N3O5. The molecule has 2 aliphatic rings. The minimum atomic E-state index is -0.630. The number of aromatic amines is 1. The zero-order valence-corrected chi connectivity index (χ0v) is 19.5. The third kappa shape index (κ3) is 3.36. The molecule has 0 bridgehead atoms. The van der Waals surface area contributed by atoms with Crippen molar-refractivity contribution in [2.75, 3.05) is 20.8 Å². The molecule has 0 saturated carbocycles. The molecule has 1 unspecified atom stereocenters. The number of fused-ring (bicyclic) bond motifs is 4. The Kier molecular flexibility index (Phi) is 5.02. The van der Waals surface area contributed by atoms with Crippen molar-refractivity contribution >= 4 is 22.7 Å². The number of hydrogen-bond acceptors (Lipinski definition) is 5. The van der Waals surface area contributed by atoms with Gasteiger partial charge in [-0.05, 0) is 35.9 Å². The zero-order valence-electron chi connectivity index (χ0n) is 19.5. The second kappa shape index (κ2) is 8.23. The number of hydrogen-bond donors (Lipinski definition) is 1. The zero-order chi connectivity index (χ0) is 24.1. The first-order valence-electron chi connectivity index (χ1n) is 11.5. The molecule has 6 rings (SSSR count). The fourth-order valence-electron chi connectivity index (χ4n) is 5.42. The van der Waals surface area contributed by atoms with E-state index in [1.807, 2.05) is 36.4 Å². The van der Waals surface area contributed by atoms with Crippen LogP contribution >= 0.6 is 0 Å². The molecule has 2 amide bonds. The maximum atomic E-state index is 13.8. The number of furan rings is 1. The van der Waals surface area contributed by atoms with Crippen LogP contribution in [0.15, 0.2) is 65.3 Å². The quantitative estimate of drug-likeness (QED) is 0.480. The van der Waals surface area contributed by atoms with Gasteiger partial charge in [-0.15, -0.1) is 0 Å². The lowest BCUT2D eigenvalue weighted by molar-refractivity contribution is -0.159. The van der Waals surface area contributed by atoms with Crippen LogP contribution < -0.4 is 9.47 Å². The van der Waals surface area contributed by atoms with E-state index in [1.165, 1.54) is 0 Å². The Bertz CT molecular complexity index is 1420. The summed E-state index contributed by atoms with van der Waals surface area (Å²) in [5.41, 5.74) is 3.73. The molecule has 2 aromatic heterocycles. The summed E-state index contributed by atoms with van der Waals surface area (Å²) in [5.74, 6) is 1.69. The molecule has 1 fully saturated rings. The Morgan fingerprint density at radius 3 is 2.69 bits per heavy atom. The van der Waals surface area contributed by atoms with Gasteiger partial charge in [0, 0.05) is 34.6 Å². The second-order valence-corrected chi connectivity index (χ2v) is 8.87. The fraction of sp³-hybridized carbons (Fsp3) is 0.259. The lowest BCUT2D eigenvalue weighted by Crippen LogP contribution is -2.62. The van der Waals surface area contributed by atoms with E-state index in [-0.39, 0.29) is 24.9 Å². The summed E-state index contributed by atoms with van der Waals surface area (Å²) < 4.78 is 16.6. The molecule has 2 aromatic carbocycles. The first-order chi connectivity index (χ1) is 17.1. The van der Waals surface area contributed by atoms with Crippen LogP contribution in [0.4, 0.5) is 0 Å². The van der Waals surface area contributed by atoms with Crippen LogP contribution in [0.5, 0.6) is 11.5 Å². The smallest absolute Gasteiger partial charge is 0.246 e. The van der Waals surface area contributed by atoms with Gasteiger partial charge < -0.3 is 28.7 Å². The number of nitrogens with zero attached hydrogens (tertiary/aromatic N) is 2. The SMILES string of the molecule is COc1ccc(C2c3[nH]c4ccccc4c3C[C@@H]3C(=O)N(Cc4ccco4)CC(=O)N23)c(OC)c1. The Morgan fingerprint density at radius 2 is 1.91 bits per heavy atom. The Morgan fingerprint density at radius 1 is 1.06 bits per heavy atom. The van der Waals surface area contributed by atoms with Crippen LogP contribution in [-0.2, 0) is 22.6 Å². The predicted molar refractivity (Wildman–Crippen MR) is 128 cm³/mol. The van der Waals surface area contributed by atoms with E-state index in [9.17, 15) is 9.59 Å². The highest BCUT2D eigenvalue weighted by atomic mass is 16.5. The number of para-hydroxylation sites is 1. The molecule has 8 nitrogen and oxygen atoms in total. The fourth-order valence-corrected chi connectivity index (χ4v) is 5.42. The molecule has 1 saturated heterocycles. The number of carbonyl (C=O) groups excluding carboxylic acids is 2. The summed E-state index contributed by atoms with van der Waals surface area (Å²) in [4.78, 5) is 34.3. The van der Waals surface area contributed by atoms with Crippen LogP contribution in [0.2, 0.25) is 0 Å². The van der Waals surface area contributed by atoms with E-state index in [0.717, 1.165) is 27.7 Å². The van der Waals surface area contributed by atoms with Crippen LogP contribution in [-0.4, -0.2) is 53.4 Å². The van der Waals surface area contributed by atoms with Gasteiger partial charge in [-0.3, -0.25) is 9.59 Å². The van der Waals surface area contributed by atoms with Crippen molar-refractivity contribution in [3.8, 4) is 11.5 Å². The largest absolute Gasteiger partial charge is 0.497 e. The van der Waals surface area contributed by atoms with E-state index in [4.69, 9.17) is 13.9 Å². The van der Waals surface area contributed by atoms with Crippen molar-refractivity contribution in [1.29, 1.82) is 0 Å². The topological polar surface area (TPSA) is 88.0 Å². The van der Waals surface area contributed by atoms with E-state index < -0.39 is 12.1 Å². The van der Waals surface area contributed by atoms with E-state index in [2.05, 4.69) is 11.1 Å². The number of benzene rings is 2. The average Bonchev–Trinajstić information content (AvgIpc) is 3.53. The molecule has 4 aromatic rings. The van der Waals surface area contributed by atoms with E-state index >= 15 is 0 Å². The molecule has 4 heterocycles. The maximum absolute atomic E-state index is 13.8. The monoisotopic (exact) mass is 471 g/mol. The van der Waals surface area contributed by atoms with Crippen molar-refractivity contribution in [3.63, 3.8) is 0 Å². The Balaban J connectivity index is 1.51. The molecule has 8 heteroatoms. The highest BCUT2D eigenvalue weighted by Crippen LogP contribution is 2.45. The number of ether oxygens (including phenoxy) is 2. The van der Waals surface area contributed by atoms with Crippen molar-refractivity contribution in [2.24, 2.45) is 0 Å². The Labute approximate surface area is 202 Å². The molecule has 178 valence electrons. The Hall–Kier alpha value is -4.20. The summed E-state index contributed by atoms with van der Waals surface area (Å²) in [5, 5.41) is 1.06. The number of aromatic nitrogens is 1. The lowest BCUT2D eigenvalue weighted by Gasteiger charge is -2.47. The first kappa shape index (κ1) is 21.3. The maximum Gasteiger partial charge on any atom is 0.246 e. The van der Waals surface area contributed by atoms with Gasteiger partial charge in [0.2, 0.25) is 11.8 Å². The van der Waals surface area contributed by atoms with E-state index in [1.54, 1.807) is 42.4 Å². The number of nitrogens with one attached hydrogen (secondary N) is 1. The van der Waals surface area contributed by atoms with Gasteiger partial charge in [0.05, 0.1) is 27.0 Å². The molecule has 2 atom stereocenters. The third-order valence-corrected chi connectivity index (χ3v) is 7.00. The van der Waals surface area contributed by atoms with Gasteiger partial charge >= 0.3 is 0 Å². The summed E-state index contributed by atoms with van der Waals surface area (Å²) in [6.45, 7) is 0.250. The highest BCUT2D eigenvalue weighted by Gasteiger charge is 2.49. The van der Waals surface area contributed by atoms with Crippen LogP contribution in [0.25, 0.3) is 10.9 Å². The number of amides is 2. The van der Waals surface area contributed by atoms with Crippen molar-refractivity contribution in [3.05, 3.63) is 83.4 Å². The molecule has 0 aliphatic carbocycles. The predicted octanol–water partition coefficient (Wildman–Crippen LogP) is 3.66. The van der Waals surface area contributed by atoms with E-state index in [0.29, 0.717) is 23.7 Å². The van der Waals surface area contributed by atoms with Crippen LogP contribution in [0, 0.1) is 0 Å². The first-order valence-corrected chi connectivity index (χ1v) is 11.5. The second-order valence-electron chi connectivity index (χ2n) is 8.87. The van der Waals surface area contributed by atoms with Crippen molar-refractivity contribution in [2.45, 2.75) is 25.0 Å². The molecule has 2 aliphatic heterocycles. The molecular weight excluding hydrogens is 446 g/mol. The number of carbonyl (C=O) groups is 2. The summed E-state index contributed by atoms with van der Waals surface area (Å²) in [6.07, 6.45) is 2.01. The summed E-state index contributed by atoms with van der Waals surface area (Å²) in [6, 6.07) is 16.1. The van der Waals surface area contributed by atoms with Gasteiger partial charge in [0.25, 0.3) is 0 Å². The van der Waals surface area contributed by atoms with Gasteiger partial charge in [0.1, 0.15) is 35.9 Å². The average molecular weight is 472 g/mol. The van der Waals surface area contributed by atoms with Crippen LogP contribution in [0.3, 0.4) is 0 Å². The molecule has 0 radical (unpaired) electrons. The third-order valence-electron chi connectivity index (χ3n) is 7.00. The highest BCUT2D eigenvalue weighted by molar-refractivity contribution is 5.97. The summed E-state index contributed by atoms with van der Waals surface area (Å²) in [7, 11) is 3.19. The van der Waals surface area contributed by atoms with Gasteiger partial charge in [0.15, 0.2) is 0 Å². The number of H-pyrrole nitrogens is 1. The number of rotatable bonds is 5. The van der Waals surface area contributed by atoms with Gasteiger partial charge in [-0.2, -0.15) is 0 Å². The van der Waals surface area contributed by atoms with Crippen molar-refractivity contribution in [1.82, 2.24) is 14.8 Å².